The van der Waals surface area contributed by atoms with Crippen LogP contribution in [-0.2, 0) is 12.2 Å². The number of nitrogen functional groups attached to an aromatic ring is 1. The summed E-state index contributed by atoms with van der Waals surface area (Å²) in [6.45, 7) is 6.40. The van der Waals surface area contributed by atoms with Gasteiger partial charge in [0.05, 0.1) is 10.7 Å². The van der Waals surface area contributed by atoms with Crippen molar-refractivity contribution in [3.8, 4) is 0 Å². The maximum atomic E-state index is 13.6. The van der Waals surface area contributed by atoms with Crippen LogP contribution in [0.3, 0.4) is 0 Å². The van der Waals surface area contributed by atoms with Crippen molar-refractivity contribution in [2.75, 3.05) is 43.9 Å². The van der Waals surface area contributed by atoms with Crippen LogP contribution in [0.2, 0.25) is 0 Å². The molecule has 2 heterocycles. The topological polar surface area (TPSA) is 45.4 Å². The Bertz CT molecular complexity index is 753. The van der Waals surface area contributed by atoms with Gasteiger partial charge in [0.1, 0.15) is 11.6 Å². The summed E-state index contributed by atoms with van der Waals surface area (Å²) < 4.78 is 13.6. The molecule has 2 aromatic rings. The fourth-order valence-electron chi connectivity index (χ4n) is 3.08. The highest BCUT2D eigenvalue weighted by Gasteiger charge is 2.15. The van der Waals surface area contributed by atoms with E-state index in [9.17, 15) is 4.39 Å². The molecule has 0 spiro atoms. The second kappa shape index (κ2) is 8.73. The van der Waals surface area contributed by atoms with E-state index in [1.165, 1.54) is 11.6 Å². The zero-order chi connectivity index (χ0) is 18.5. The second-order valence-electron chi connectivity index (χ2n) is 6.81. The van der Waals surface area contributed by atoms with Gasteiger partial charge in [0.2, 0.25) is 0 Å². The molecule has 1 fully saturated rings. The highest BCUT2D eigenvalue weighted by Crippen LogP contribution is 2.27. The first-order chi connectivity index (χ1) is 12.5. The standard InChI is InChI=1S/C20H27FN4S/c1-3-15-12-19(25-8-4-7-24(2)9-10-25)23-20(13-15)26-14-16-5-6-18(22)17(21)11-16/h5-6,11-13H,3-4,7-10,14,22H2,1-2H3. The third-order valence-electron chi connectivity index (χ3n) is 4.75. The Morgan fingerprint density at radius 2 is 1.96 bits per heavy atom. The van der Waals surface area contributed by atoms with Crippen molar-refractivity contribution in [1.82, 2.24) is 9.88 Å². The van der Waals surface area contributed by atoms with Gasteiger partial charge in [-0.05, 0) is 61.8 Å². The Morgan fingerprint density at radius 1 is 1.12 bits per heavy atom. The van der Waals surface area contributed by atoms with Crippen LogP contribution in [0, 0.1) is 5.82 Å². The van der Waals surface area contributed by atoms with Crippen LogP contribution in [0.5, 0.6) is 0 Å². The molecule has 1 aromatic heterocycles. The summed E-state index contributed by atoms with van der Waals surface area (Å²) in [5.41, 5.74) is 7.96. The molecular weight excluding hydrogens is 347 g/mol. The van der Waals surface area contributed by atoms with Gasteiger partial charge in [-0.15, -0.1) is 11.8 Å². The first-order valence-corrected chi connectivity index (χ1v) is 10.1. The number of pyridine rings is 1. The molecule has 1 saturated heterocycles. The summed E-state index contributed by atoms with van der Waals surface area (Å²) in [5, 5.41) is 0.995. The third kappa shape index (κ3) is 4.89. The molecule has 0 radical (unpaired) electrons. The zero-order valence-corrected chi connectivity index (χ0v) is 16.4. The predicted octanol–water partition coefficient (Wildman–Crippen LogP) is 3.80. The van der Waals surface area contributed by atoms with E-state index in [4.69, 9.17) is 10.7 Å². The molecule has 26 heavy (non-hydrogen) atoms. The smallest absolute Gasteiger partial charge is 0.146 e. The van der Waals surface area contributed by atoms with Gasteiger partial charge in [-0.2, -0.15) is 0 Å². The predicted molar refractivity (Wildman–Crippen MR) is 108 cm³/mol. The van der Waals surface area contributed by atoms with Crippen molar-refractivity contribution in [2.24, 2.45) is 0 Å². The minimum atomic E-state index is -0.354. The van der Waals surface area contributed by atoms with Crippen molar-refractivity contribution in [2.45, 2.75) is 30.5 Å². The lowest BCUT2D eigenvalue weighted by Crippen LogP contribution is -2.29. The maximum Gasteiger partial charge on any atom is 0.146 e. The first kappa shape index (κ1) is 19.0. The Hall–Kier alpha value is -1.79. The van der Waals surface area contributed by atoms with Gasteiger partial charge in [0, 0.05) is 25.4 Å². The van der Waals surface area contributed by atoms with Crippen LogP contribution in [0.4, 0.5) is 15.9 Å². The van der Waals surface area contributed by atoms with Gasteiger partial charge in [-0.1, -0.05) is 13.0 Å². The van der Waals surface area contributed by atoms with Gasteiger partial charge in [-0.3, -0.25) is 0 Å². The van der Waals surface area contributed by atoms with Gasteiger partial charge in [0.25, 0.3) is 0 Å². The zero-order valence-electron chi connectivity index (χ0n) is 15.5. The van der Waals surface area contributed by atoms with E-state index in [1.54, 1.807) is 17.8 Å². The van der Waals surface area contributed by atoms with Gasteiger partial charge in [0.15, 0.2) is 0 Å². The first-order valence-electron chi connectivity index (χ1n) is 9.16. The molecule has 0 aliphatic carbocycles. The molecule has 0 saturated carbocycles. The van der Waals surface area contributed by atoms with E-state index in [1.807, 2.05) is 6.07 Å². The van der Waals surface area contributed by atoms with Crippen LogP contribution in [0.15, 0.2) is 35.4 Å². The monoisotopic (exact) mass is 374 g/mol. The molecular formula is C20H27FN4S. The van der Waals surface area contributed by atoms with E-state index in [0.29, 0.717) is 5.75 Å². The van der Waals surface area contributed by atoms with Crippen molar-refractivity contribution in [3.63, 3.8) is 0 Å². The number of hydrogen-bond donors (Lipinski definition) is 1. The number of nitrogens with zero attached hydrogens (tertiary/aromatic N) is 3. The minimum absolute atomic E-state index is 0.193. The van der Waals surface area contributed by atoms with Crippen molar-refractivity contribution in [3.05, 3.63) is 47.3 Å². The molecule has 0 unspecified atom stereocenters. The number of aryl methyl sites for hydroxylation is 1. The number of halogens is 1. The number of nitrogens with two attached hydrogens (primary N) is 1. The summed E-state index contributed by atoms with van der Waals surface area (Å²) >= 11 is 1.65. The average Bonchev–Trinajstić information content (AvgIpc) is 2.87. The largest absolute Gasteiger partial charge is 0.396 e. The summed E-state index contributed by atoms with van der Waals surface area (Å²) in [6.07, 6.45) is 2.13. The third-order valence-corrected chi connectivity index (χ3v) is 5.73. The summed E-state index contributed by atoms with van der Waals surface area (Å²) in [5.74, 6) is 1.39. The molecule has 1 aliphatic heterocycles. The molecule has 4 nitrogen and oxygen atoms in total. The lowest BCUT2D eigenvalue weighted by Gasteiger charge is -2.23. The Labute approximate surface area is 159 Å². The molecule has 0 atom stereocenters. The summed E-state index contributed by atoms with van der Waals surface area (Å²) in [4.78, 5) is 9.63. The number of hydrogen-bond acceptors (Lipinski definition) is 5. The molecule has 140 valence electrons. The average molecular weight is 375 g/mol. The summed E-state index contributed by atoms with van der Waals surface area (Å²) in [7, 11) is 2.17. The van der Waals surface area contributed by atoms with E-state index in [2.05, 4.69) is 35.9 Å². The number of benzene rings is 1. The van der Waals surface area contributed by atoms with Crippen molar-refractivity contribution in [1.29, 1.82) is 0 Å². The van der Waals surface area contributed by atoms with E-state index < -0.39 is 0 Å². The van der Waals surface area contributed by atoms with Crippen LogP contribution in [0.1, 0.15) is 24.5 Å². The lowest BCUT2D eigenvalue weighted by atomic mass is 10.2. The Kier molecular flexibility index (Phi) is 6.38. The van der Waals surface area contributed by atoms with Crippen LogP contribution < -0.4 is 10.6 Å². The normalized spacial score (nSPS) is 15.9. The van der Waals surface area contributed by atoms with E-state index >= 15 is 0 Å². The second-order valence-corrected chi connectivity index (χ2v) is 7.81. The highest BCUT2D eigenvalue weighted by molar-refractivity contribution is 7.98. The van der Waals surface area contributed by atoms with Crippen molar-refractivity contribution >= 4 is 23.3 Å². The number of likely N-dealkylation sites (N-methyl/N-ethyl adjacent to an activating group) is 1. The molecule has 3 rings (SSSR count). The number of rotatable bonds is 5. The molecule has 2 N–H and O–H groups in total. The van der Waals surface area contributed by atoms with Crippen LogP contribution in [0.25, 0.3) is 0 Å². The molecule has 1 aliphatic rings. The van der Waals surface area contributed by atoms with Gasteiger partial charge < -0.3 is 15.5 Å². The number of anilines is 2. The van der Waals surface area contributed by atoms with Crippen LogP contribution in [-0.4, -0.2) is 43.1 Å². The fraction of sp³-hybridized carbons (Fsp3) is 0.450. The molecule has 1 aromatic carbocycles. The van der Waals surface area contributed by atoms with Crippen molar-refractivity contribution < 1.29 is 4.39 Å². The quantitative estimate of drug-likeness (QED) is 0.637. The fourth-order valence-corrected chi connectivity index (χ4v) is 3.96. The maximum absolute atomic E-state index is 13.6. The molecule has 0 amide bonds. The number of thioether (sulfide) groups is 1. The summed E-state index contributed by atoms with van der Waals surface area (Å²) in [6, 6.07) is 9.36. The SMILES string of the molecule is CCc1cc(SCc2ccc(N)c(F)c2)nc(N2CCCN(C)CC2)c1. The lowest BCUT2D eigenvalue weighted by molar-refractivity contribution is 0.360. The molecule has 6 heteroatoms. The number of aromatic nitrogens is 1. The van der Waals surface area contributed by atoms with E-state index in [-0.39, 0.29) is 11.5 Å². The van der Waals surface area contributed by atoms with E-state index in [0.717, 1.165) is 55.4 Å². The van der Waals surface area contributed by atoms with Gasteiger partial charge in [-0.25, -0.2) is 9.37 Å². The minimum Gasteiger partial charge on any atom is -0.396 e. The Morgan fingerprint density at radius 3 is 2.73 bits per heavy atom. The highest BCUT2D eigenvalue weighted by atomic mass is 32.2. The molecule has 0 bridgehead atoms. The van der Waals surface area contributed by atoms with Crippen LogP contribution >= 0.6 is 11.8 Å². The van der Waals surface area contributed by atoms with Gasteiger partial charge >= 0.3 is 0 Å². The Balaban J connectivity index is 1.75.